The molecule has 2 aromatic carbocycles. The van der Waals surface area contributed by atoms with Crippen molar-refractivity contribution in [2.75, 3.05) is 0 Å². The summed E-state index contributed by atoms with van der Waals surface area (Å²) in [6.45, 7) is 8.90. The van der Waals surface area contributed by atoms with E-state index in [0.29, 0.717) is 18.2 Å². The van der Waals surface area contributed by atoms with Gasteiger partial charge in [-0.3, -0.25) is 4.57 Å². The highest BCUT2D eigenvalue weighted by Crippen LogP contribution is 2.25. The van der Waals surface area contributed by atoms with E-state index in [-0.39, 0.29) is 0 Å². The summed E-state index contributed by atoms with van der Waals surface area (Å²) in [4.78, 5) is 0. The van der Waals surface area contributed by atoms with Crippen molar-refractivity contribution in [1.82, 2.24) is 14.8 Å². The lowest BCUT2D eigenvalue weighted by Gasteiger charge is -2.11. The summed E-state index contributed by atoms with van der Waals surface area (Å²) in [7, 11) is 0. The molecule has 0 N–H and O–H groups in total. The van der Waals surface area contributed by atoms with Crippen molar-refractivity contribution in [1.29, 1.82) is 0 Å². The van der Waals surface area contributed by atoms with Crippen LogP contribution in [-0.4, -0.2) is 14.8 Å². The van der Waals surface area contributed by atoms with Crippen LogP contribution < -0.4 is 4.74 Å². The summed E-state index contributed by atoms with van der Waals surface area (Å²) < 4.78 is 7.97. The van der Waals surface area contributed by atoms with Gasteiger partial charge in [0, 0.05) is 17.3 Å². The van der Waals surface area contributed by atoms with Crippen molar-refractivity contribution in [3.8, 4) is 5.75 Å². The van der Waals surface area contributed by atoms with Crippen molar-refractivity contribution in [3.63, 3.8) is 0 Å². The van der Waals surface area contributed by atoms with E-state index in [0.717, 1.165) is 28.0 Å². The molecule has 3 rings (SSSR count). The lowest BCUT2D eigenvalue weighted by atomic mass is 10.2. The van der Waals surface area contributed by atoms with Crippen LogP contribution in [0.4, 0.5) is 0 Å². The minimum Gasteiger partial charge on any atom is -0.485 e. The second kappa shape index (κ2) is 9.11. The predicted octanol–water partition coefficient (Wildman–Crippen LogP) is 5.61. The molecular formula is C21H22ClN3OS. The number of hydrogen-bond acceptors (Lipinski definition) is 4. The number of rotatable bonds is 8. The first-order valence-corrected chi connectivity index (χ1v) is 10.0. The van der Waals surface area contributed by atoms with Gasteiger partial charge in [0.1, 0.15) is 12.4 Å². The van der Waals surface area contributed by atoms with Gasteiger partial charge in [0.05, 0.1) is 0 Å². The molecule has 0 saturated heterocycles. The van der Waals surface area contributed by atoms with Crippen LogP contribution in [0.3, 0.4) is 0 Å². The summed E-state index contributed by atoms with van der Waals surface area (Å²) in [5.41, 5.74) is 3.52. The molecule has 0 spiro atoms. The molecule has 0 atom stereocenters. The highest BCUT2D eigenvalue weighted by atomic mass is 35.5. The van der Waals surface area contributed by atoms with Crippen LogP contribution in [-0.2, 0) is 18.9 Å². The van der Waals surface area contributed by atoms with E-state index < -0.39 is 0 Å². The number of ether oxygens (including phenoxy) is 1. The molecule has 140 valence electrons. The second-order valence-corrected chi connectivity index (χ2v) is 7.65. The Morgan fingerprint density at radius 1 is 1.19 bits per heavy atom. The Labute approximate surface area is 169 Å². The Bertz CT molecular complexity index is 939. The van der Waals surface area contributed by atoms with Crippen LogP contribution in [0.15, 0.2) is 60.3 Å². The van der Waals surface area contributed by atoms with Gasteiger partial charge in [0.15, 0.2) is 11.0 Å². The molecule has 0 aliphatic heterocycles. The molecule has 1 aromatic heterocycles. The highest BCUT2D eigenvalue weighted by Gasteiger charge is 2.13. The SMILES string of the molecule is C=CCn1c(COc2ccc(Cl)cc2C)nnc1SCc1cccc(C)c1. The molecule has 4 nitrogen and oxygen atoms in total. The lowest BCUT2D eigenvalue weighted by Crippen LogP contribution is -2.08. The fraction of sp³-hybridized carbons (Fsp3) is 0.238. The van der Waals surface area contributed by atoms with Gasteiger partial charge >= 0.3 is 0 Å². The molecule has 0 aliphatic rings. The number of thioether (sulfide) groups is 1. The van der Waals surface area contributed by atoms with Crippen LogP contribution in [0.2, 0.25) is 5.02 Å². The van der Waals surface area contributed by atoms with E-state index >= 15 is 0 Å². The maximum absolute atomic E-state index is 6.00. The quantitative estimate of drug-likeness (QED) is 0.365. The maximum atomic E-state index is 6.00. The van der Waals surface area contributed by atoms with Crippen molar-refractivity contribution in [3.05, 3.63) is 82.7 Å². The monoisotopic (exact) mass is 399 g/mol. The van der Waals surface area contributed by atoms with Gasteiger partial charge in [0.25, 0.3) is 0 Å². The molecule has 3 aromatic rings. The molecule has 0 unspecified atom stereocenters. The molecule has 0 saturated carbocycles. The number of nitrogens with zero attached hydrogens (tertiary/aromatic N) is 3. The van der Waals surface area contributed by atoms with Crippen LogP contribution in [0.25, 0.3) is 0 Å². The average Bonchev–Trinajstić information content (AvgIpc) is 3.01. The fourth-order valence-corrected chi connectivity index (χ4v) is 3.85. The van der Waals surface area contributed by atoms with E-state index in [4.69, 9.17) is 16.3 Å². The topological polar surface area (TPSA) is 39.9 Å². The summed E-state index contributed by atoms with van der Waals surface area (Å²) in [6, 6.07) is 14.1. The van der Waals surface area contributed by atoms with E-state index in [1.807, 2.05) is 35.8 Å². The lowest BCUT2D eigenvalue weighted by molar-refractivity contribution is 0.287. The summed E-state index contributed by atoms with van der Waals surface area (Å²) in [5, 5.41) is 10.2. The fourth-order valence-electron chi connectivity index (χ4n) is 2.71. The highest BCUT2D eigenvalue weighted by molar-refractivity contribution is 7.98. The summed E-state index contributed by atoms with van der Waals surface area (Å²) in [5.74, 6) is 2.41. The average molecular weight is 400 g/mol. The van der Waals surface area contributed by atoms with E-state index in [2.05, 4.69) is 48.0 Å². The Balaban J connectivity index is 1.71. The van der Waals surface area contributed by atoms with Crippen molar-refractivity contribution >= 4 is 23.4 Å². The minimum atomic E-state index is 0.342. The number of aromatic nitrogens is 3. The molecule has 0 fully saturated rings. The first-order valence-electron chi connectivity index (χ1n) is 8.67. The normalized spacial score (nSPS) is 10.8. The number of aryl methyl sites for hydroxylation is 2. The van der Waals surface area contributed by atoms with Crippen LogP contribution >= 0.6 is 23.4 Å². The summed E-state index contributed by atoms with van der Waals surface area (Å²) in [6.07, 6.45) is 1.84. The van der Waals surface area contributed by atoms with Gasteiger partial charge < -0.3 is 4.74 Å². The first-order chi connectivity index (χ1) is 13.1. The molecule has 0 radical (unpaired) electrons. The molecule has 0 amide bonds. The standard InChI is InChI=1S/C21H22ClN3OS/c1-4-10-25-20(13-26-19-9-8-18(22)12-16(19)3)23-24-21(25)27-14-17-7-5-6-15(2)11-17/h4-9,11-12H,1,10,13-14H2,2-3H3. The number of hydrogen-bond donors (Lipinski definition) is 0. The molecular weight excluding hydrogens is 378 g/mol. The predicted molar refractivity (Wildman–Crippen MR) is 111 cm³/mol. The van der Waals surface area contributed by atoms with E-state index in [1.54, 1.807) is 11.8 Å². The zero-order valence-electron chi connectivity index (χ0n) is 15.5. The van der Waals surface area contributed by atoms with Gasteiger partial charge in [0.2, 0.25) is 0 Å². The van der Waals surface area contributed by atoms with E-state index in [1.165, 1.54) is 11.1 Å². The molecule has 27 heavy (non-hydrogen) atoms. The number of benzene rings is 2. The maximum Gasteiger partial charge on any atom is 0.191 e. The molecule has 0 aliphatic carbocycles. The van der Waals surface area contributed by atoms with E-state index in [9.17, 15) is 0 Å². The Kier molecular flexibility index (Phi) is 6.58. The zero-order chi connectivity index (χ0) is 19.2. The minimum absolute atomic E-state index is 0.342. The van der Waals surface area contributed by atoms with Gasteiger partial charge in [-0.05, 0) is 43.2 Å². The van der Waals surface area contributed by atoms with Crippen molar-refractivity contribution in [2.45, 2.75) is 37.9 Å². The van der Waals surface area contributed by atoms with Crippen LogP contribution in [0.5, 0.6) is 5.75 Å². The van der Waals surface area contributed by atoms with Crippen LogP contribution in [0, 0.1) is 13.8 Å². The number of halogens is 1. The van der Waals surface area contributed by atoms with Gasteiger partial charge in [-0.25, -0.2) is 0 Å². The Morgan fingerprint density at radius 3 is 2.78 bits per heavy atom. The molecule has 6 heteroatoms. The van der Waals surface area contributed by atoms with Crippen LogP contribution in [0.1, 0.15) is 22.5 Å². The Morgan fingerprint density at radius 2 is 2.04 bits per heavy atom. The molecule has 0 bridgehead atoms. The second-order valence-electron chi connectivity index (χ2n) is 6.27. The number of allylic oxidation sites excluding steroid dienone is 1. The molecule has 1 heterocycles. The third-order valence-electron chi connectivity index (χ3n) is 4.05. The Hall–Kier alpha value is -2.24. The third-order valence-corrected chi connectivity index (χ3v) is 5.32. The third kappa shape index (κ3) is 5.15. The summed E-state index contributed by atoms with van der Waals surface area (Å²) >= 11 is 7.67. The largest absolute Gasteiger partial charge is 0.485 e. The smallest absolute Gasteiger partial charge is 0.191 e. The van der Waals surface area contributed by atoms with Gasteiger partial charge in [-0.2, -0.15) is 0 Å². The van der Waals surface area contributed by atoms with Gasteiger partial charge in [-0.15, -0.1) is 16.8 Å². The van der Waals surface area contributed by atoms with Crippen molar-refractivity contribution in [2.24, 2.45) is 0 Å². The first kappa shape index (κ1) is 19.5. The van der Waals surface area contributed by atoms with Crippen molar-refractivity contribution < 1.29 is 4.74 Å². The van der Waals surface area contributed by atoms with Gasteiger partial charge in [-0.1, -0.05) is 59.3 Å². The zero-order valence-corrected chi connectivity index (χ0v) is 17.1.